The first-order chi connectivity index (χ1) is 8.49. The number of anilines is 1. The van der Waals surface area contributed by atoms with Gasteiger partial charge in [-0.1, -0.05) is 26.3 Å². The number of nitrogens with zero attached hydrogens (tertiary/aromatic N) is 1. The summed E-state index contributed by atoms with van der Waals surface area (Å²) in [6.45, 7) is 9.48. The minimum Gasteiger partial charge on any atom is -0.368 e. The van der Waals surface area contributed by atoms with Crippen molar-refractivity contribution in [2.75, 3.05) is 18.5 Å². The molecule has 1 aromatic rings. The summed E-state index contributed by atoms with van der Waals surface area (Å²) < 4.78 is 0. The van der Waals surface area contributed by atoms with Gasteiger partial charge in [0, 0.05) is 19.3 Å². The second kappa shape index (κ2) is 6.24. The van der Waals surface area contributed by atoms with Gasteiger partial charge in [-0.15, -0.1) is 0 Å². The van der Waals surface area contributed by atoms with Gasteiger partial charge in [0.1, 0.15) is 0 Å². The van der Waals surface area contributed by atoms with Crippen LogP contribution in [0.15, 0.2) is 18.2 Å². The van der Waals surface area contributed by atoms with Crippen LogP contribution in [0.3, 0.4) is 0 Å². The number of rotatable bonds is 6. The molecule has 102 valence electrons. The molecule has 0 bridgehead atoms. The molecule has 1 atom stereocenters. The molecule has 1 aromatic carbocycles. The van der Waals surface area contributed by atoms with E-state index in [0.717, 1.165) is 12.8 Å². The molecular weight excluding hydrogens is 220 g/mol. The number of hydrogen-bond donors (Lipinski definition) is 1. The van der Waals surface area contributed by atoms with Crippen LogP contribution in [0.4, 0.5) is 5.69 Å². The van der Waals surface area contributed by atoms with Gasteiger partial charge in [0.2, 0.25) is 0 Å². The SMILES string of the molecule is CCCC(CC)(CN)N(C)c1cc(C)cc(C)c1. The molecule has 0 fully saturated rings. The smallest absolute Gasteiger partial charge is 0.0518 e. The minimum atomic E-state index is 0.0922. The molecule has 1 rings (SSSR count). The van der Waals surface area contributed by atoms with Crippen molar-refractivity contribution >= 4 is 5.69 Å². The van der Waals surface area contributed by atoms with Crippen LogP contribution in [0.2, 0.25) is 0 Å². The highest BCUT2D eigenvalue weighted by molar-refractivity contribution is 5.52. The number of likely N-dealkylation sites (N-methyl/N-ethyl adjacent to an activating group) is 1. The molecule has 0 aliphatic carbocycles. The van der Waals surface area contributed by atoms with E-state index in [0.29, 0.717) is 6.54 Å². The predicted molar refractivity (Wildman–Crippen MR) is 81.3 cm³/mol. The second-order valence-corrected chi connectivity index (χ2v) is 5.44. The molecule has 2 N–H and O–H groups in total. The Balaban J connectivity index is 3.12. The largest absolute Gasteiger partial charge is 0.368 e. The van der Waals surface area contributed by atoms with E-state index in [1.807, 2.05) is 0 Å². The topological polar surface area (TPSA) is 29.3 Å². The van der Waals surface area contributed by atoms with E-state index in [1.165, 1.54) is 23.2 Å². The standard InChI is InChI=1S/C16H28N2/c1-6-8-16(7-2,12-17)18(5)15-10-13(3)9-14(4)11-15/h9-11H,6-8,12,17H2,1-5H3. The highest BCUT2D eigenvalue weighted by Gasteiger charge is 2.30. The third-order valence-electron chi connectivity index (χ3n) is 4.06. The first-order valence-electron chi connectivity index (χ1n) is 7.01. The van der Waals surface area contributed by atoms with Crippen LogP contribution in [0.25, 0.3) is 0 Å². The molecule has 1 unspecified atom stereocenters. The first kappa shape index (κ1) is 15.0. The summed E-state index contributed by atoms with van der Waals surface area (Å²) in [4.78, 5) is 2.39. The average molecular weight is 248 g/mol. The van der Waals surface area contributed by atoms with Crippen molar-refractivity contribution in [3.05, 3.63) is 29.3 Å². The second-order valence-electron chi connectivity index (χ2n) is 5.44. The molecule has 0 radical (unpaired) electrons. The predicted octanol–water partition coefficient (Wildman–Crippen LogP) is 3.65. The molecule has 2 nitrogen and oxygen atoms in total. The maximum atomic E-state index is 6.08. The highest BCUT2D eigenvalue weighted by atomic mass is 15.2. The lowest BCUT2D eigenvalue weighted by atomic mass is 9.88. The minimum absolute atomic E-state index is 0.0922. The van der Waals surface area contributed by atoms with Gasteiger partial charge in [-0.05, 0) is 49.9 Å². The molecule has 0 aliphatic rings. The van der Waals surface area contributed by atoms with Gasteiger partial charge in [0.15, 0.2) is 0 Å². The molecule has 0 saturated heterocycles. The maximum Gasteiger partial charge on any atom is 0.0518 e. The summed E-state index contributed by atoms with van der Waals surface area (Å²) in [7, 11) is 2.18. The van der Waals surface area contributed by atoms with E-state index in [2.05, 4.69) is 57.8 Å². The maximum absolute atomic E-state index is 6.08. The Hall–Kier alpha value is -1.02. The van der Waals surface area contributed by atoms with Gasteiger partial charge >= 0.3 is 0 Å². The van der Waals surface area contributed by atoms with Gasteiger partial charge in [0.05, 0.1) is 5.54 Å². The quantitative estimate of drug-likeness (QED) is 0.832. The van der Waals surface area contributed by atoms with Gasteiger partial charge in [-0.2, -0.15) is 0 Å². The van der Waals surface area contributed by atoms with E-state index in [-0.39, 0.29) is 5.54 Å². The van der Waals surface area contributed by atoms with E-state index in [9.17, 15) is 0 Å². The van der Waals surface area contributed by atoms with Gasteiger partial charge in [-0.3, -0.25) is 0 Å². The average Bonchev–Trinajstić information content (AvgIpc) is 2.34. The Morgan fingerprint density at radius 3 is 2.06 bits per heavy atom. The monoisotopic (exact) mass is 248 g/mol. The Morgan fingerprint density at radius 2 is 1.67 bits per heavy atom. The molecular formula is C16H28N2. The number of aryl methyl sites for hydroxylation is 2. The summed E-state index contributed by atoms with van der Waals surface area (Å²) in [6.07, 6.45) is 3.39. The van der Waals surface area contributed by atoms with Crippen LogP contribution in [0, 0.1) is 13.8 Å². The Labute approximate surface area is 112 Å². The normalized spacial score (nSPS) is 14.3. The Morgan fingerprint density at radius 1 is 1.11 bits per heavy atom. The molecule has 0 aliphatic heterocycles. The molecule has 0 aromatic heterocycles. The summed E-state index contributed by atoms with van der Waals surface area (Å²) in [5.41, 5.74) is 10.1. The van der Waals surface area contributed by atoms with E-state index < -0.39 is 0 Å². The van der Waals surface area contributed by atoms with Gasteiger partial charge in [0.25, 0.3) is 0 Å². The summed E-state index contributed by atoms with van der Waals surface area (Å²) in [5, 5.41) is 0. The molecule has 0 saturated carbocycles. The van der Waals surface area contributed by atoms with Crippen molar-refractivity contribution in [1.82, 2.24) is 0 Å². The van der Waals surface area contributed by atoms with Crippen molar-refractivity contribution in [3.8, 4) is 0 Å². The third-order valence-corrected chi connectivity index (χ3v) is 4.06. The van der Waals surface area contributed by atoms with E-state index in [1.54, 1.807) is 0 Å². The Kier molecular flexibility index (Phi) is 5.21. The van der Waals surface area contributed by atoms with E-state index in [4.69, 9.17) is 5.73 Å². The fourth-order valence-corrected chi connectivity index (χ4v) is 2.85. The van der Waals surface area contributed by atoms with Gasteiger partial charge < -0.3 is 10.6 Å². The first-order valence-corrected chi connectivity index (χ1v) is 7.01. The fraction of sp³-hybridized carbons (Fsp3) is 0.625. The van der Waals surface area contributed by atoms with Crippen LogP contribution >= 0.6 is 0 Å². The summed E-state index contributed by atoms with van der Waals surface area (Å²) in [5.74, 6) is 0. The summed E-state index contributed by atoms with van der Waals surface area (Å²) >= 11 is 0. The van der Waals surface area contributed by atoms with Crippen LogP contribution in [0.5, 0.6) is 0 Å². The lowest BCUT2D eigenvalue weighted by Crippen LogP contribution is -2.52. The van der Waals surface area contributed by atoms with Gasteiger partial charge in [-0.25, -0.2) is 0 Å². The van der Waals surface area contributed by atoms with Crippen molar-refractivity contribution in [2.45, 2.75) is 52.5 Å². The number of benzene rings is 1. The molecule has 0 amide bonds. The lowest BCUT2D eigenvalue weighted by molar-refractivity contribution is 0.366. The van der Waals surface area contributed by atoms with Crippen molar-refractivity contribution in [1.29, 1.82) is 0 Å². The van der Waals surface area contributed by atoms with Crippen LogP contribution in [-0.4, -0.2) is 19.1 Å². The third kappa shape index (κ3) is 3.05. The Bertz CT molecular complexity index is 360. The van der Waals surface area contributed by atoms with Crippen LogP contribution in [-0.2, 0) is 0 Å². The molecule has 0 spiro atoms. The zero-order valence-electron chi connectivity index (χ0n) is 12.6. The molecule has 0 heterocycles. The zero-order valence-corrected chi connectivity index (χ0v) is 12.6. The number of nitrogens with two attached hydrogens (primary N) is 1. The van der Waals surface area contributed by atoms with E-state index >= 15 is 0 Å². The number of hydrogen-bond acceptors (Lipinski definition) is 2. The van der Waals surface area contributed by atoms with Crippen molar-refractivity contribution in [3.63, 3.8) is 0 Å². The van der Waals surface area contributed by atoms with Crippen molar-refractivity contribution in [2.24, 2.45) is 5.73 Å². The molecule has 2 heteroatoms. The summed E-state index contributed by atoms with van der Waals surface area (Å²) in [6, 6.07) is 6.72. The highest BCUT2D eigenvalue weighted by Crippen LogP contribution is 2.30. The van der Waals surface area contributed by atoms with Crippen LogP contribution < -0.4 is 10.6 Å². The fourth-order valence-electron chi connectivity index (χ4n) is 2.85. The lowest BCUT2D eigenvalue weighted by Gasteiger charge is -2.42. The zero-order chi connectivity index (χ0) is 13.8. The molecule has 18 heavy (non-hydrogen) atoms. The van der Waals surface area contributed by atoms with Crippen molar-refractivity contribution < 1.29 is 0 Å². The van der Waals surface area contributed by atoms with Crippen LogP contribution in [0.1, 0.15) is 44.2 Å².